The zero-order valence-corrected chi connectivity index (χ0v) is 13.6. The van der Waals surface area contributed by atoms with E-state index in [2.05, 4.69) is 30.8 Å². The number of carbonyl (C=O) groups excluding carboxylic acids is 1. The predicted molar refractivity (Wildman–Crippen MR) is 87.7 cm³/mol. The van der Waals surface area contributed by atoms with Crippen LogP contribution in [0.15, 0.2) is 24.4 Å². The van der Waals surface area contributed by atoms with E-state index in [0.29, 0.717) is 11.8 Å². The van der Waals surface area contributed by atoms with Crippen LogP contribution in [0.1, 0.15) is 25.8 Å². The van der Waals surface area contributed by atoms with Gasteiger partial charge in [-0.25, -0.2) is 0 Å². The molecule has 0 saturated carbocycles. The Hall–Kier alpha value is -2.34. The number of nitrogens with zero attached hydrogens (tertiary/aromatic N) is 1. The van der Waals surface area contributed by atoms with Gasteiger partial charge in [0.05, 0.1) is 0 Å². The van der Waals surface area contributed by atoms with Gasteiger partial charge < -0.3 is 19.7 Å². The number of likely N-dealkylation sites (N-methyl/N-ethyl adjacent to an activating group) is 1. The van der Waals surface area contributed by atoms with E-state index in [-0.39, 0.29) is 0 Å². The SMILES string of the molecule is CC(C)N(C)CCc1c[nH]c2cc(OC(=O)CC(=O)O)ccc12. The smallest absolute Gasteiger partial charge is 0.322 e. The highest BCUT2D eigenvalue weighted by atomic mass is 16.5. The number of aliphatic carboxylic acids is 1. The Kier molecular flexibility index (Phi) is 5.39. The van der Waals surface area contributed by atoms with Crippen LogP contribution < -0.4 is 4.74 Å². The Balaban J connectivity index is 2.07. The molecule has 124 valence electrons. The first-order chi connectivity index (χ1) is 10.9. The van der Waals surface area contributed by atoms with Gasteiger partial charge in [-0.1, -0.05) is 0 Å². The minimum atomic E-state index is -1.20. The third-order valence-corrected chi connectivity index (χ3v) is 3.88. The number of carboxylic acid groups (broad SMARTS) is 1. The monoisotopic (exact) mass is 318 g/mol. The molecular formula is C17H22N2O4. The van der Waals surface area contributed by atoms with E-state index >= 15 is 0 Å². The number of hydrogen-bond acceptors (Lipinski definition) is 4. The van der Waals surface area contributed by atoms with Crippen LogP contribution in [-0.2, 0) is 16.0 Å². The number of carbonyl (C=O) groups is 2. The molecule has 0 aliphatic carbocycles. The second-order valence-corrected chi connectivity index (χ2v) is 5.89. The van der Waals surface area contributed by atoms with Gasteiger partial charge in [-0.2, -0.15) is 0 Å². The van der Waals surface area contributed by atoms with Gasteiger partial charge in [-0.05, 0) is 45.0 Å². The van der Waals surface area contributed by atoms with Crippen LogP contribution in [0, 0.1) is 0 Å². The lowest BCUT2D eigenvalue weighted by molar-refractivity contribution is -0.145. The van der Waals surface area contributed by atoms with Gasteiger partial charge in [0.1, 0.15) is 12.2 Å². The molecule has 2 aromatic rings. The molecule has 0 aliphatic heterocycles. The van der Waals surface area contributed by atoms with Crippen molar-refractivity contribution < 1.29 is 19.4 Å². The highest BCUT2D eigenvalue weighted by Crippen LogP contribution is 2.24. The molecule has 2 N–H and O–H groups in total. The first-order valence-electron chi connectivity index (χ1n) is 7.59. The summed E-state index contributed by atoms with van der Waals surface area (Å²) in [6.45, 7) is 5.28. The fourth-order valence-corrected chi connectivity index (χ4v) is 2.28. The highest BCUT2D eigenvalue weighted by Gasteiger charge is 2.12. The van der Waals surface area contributed by atoms with E-state index in [1.54, 1.807) is 12.1 Å². The molecule has 0 saturated heterocycles. The number of nitrogens with one attached hydrogen (secondary N) is 1. The van der Waals surface area contributed by atoms with Gasteiger partial charge in [0.2, 0.25) is 0 Å². The molecule has 0 spiro atoms. The average molecular weight is 318 g/mol. The van der Waals surface area contributed by atoms with Gasteiger partial charge >= 0.3 is 11.9 Å². The average Bonchev–Trinajstić information content (AvgIpc) is 2.85. The second-order valence-electron chi connectivity index (χ2n) is 5.89. The summed E-state index contributed by atoms with van der Waals surface area (Å²) < 4.78 is 5.02. The Bertz CT molecular complexity index is 706. The van der Waals surface area contributed by atoms with Crippen LogP contribution in [-0.4, -0.2) is 46.6 Å². The zero-order chi connectivity index (χ0) is 17.0. The van der Waals surface area contributed by atoms with E-state index < -0.39 is 18.4 Å². The van der Waals surface area contributed by atoms with Crippen LogP contribution in [0.4, 0.5) is 0 Å². The van der Waals surface area contributed by atoms with Crippen molar-refractivity contribution in [3.8, 4) is 5.75 Å². The summed E-state index contributed by atoms with van der Waals surface area (Å²) in [4.78, 5) is 27.3. The number of hydrogen-bond donors (Lipinski definition) is 2. The lowest BCUT2D eigenvalue weighted by Crippen LogP contribution is -2.28. The normalized spacial score (nSPS) is 11.3. The van der Waals surface area contributed by atoms with Gasteiger partial charge in [0.15, 0.2) is 0 Å². The Morgan fingerprint density at radius 1 is 1.35 bits per heavy atom. The van der Waals surface area contributed by atoms with Crippen molar-refractivity contribution >= 4 is 22.8 Å². The van der Waals surface area contributed by atoms with Crippen LogP contribution in [0.2, 0.25) is 0 Å². The summed E-state index contributed by atoms with van der Waals surface area (Å²) >= 11 is 0. The van der Waals surface area contributed by atoms with Crippen molar-refractivity contribution in [2.45, 2.75) is 32.7 Å². The molecule has 6 nitrogen and oxygen atoms in total. The Morgan fingerprint density at radius 3 is 2.74 bits per heavy atom. The van der Waals surface area contributed by atoms with Crippen molar-refractivity contribution in [3.63, 3.8) is 0 Å². The number of fused-ring (bicyclic) bond motifs is 1. The summed E-state index contributed by atoms with van der Waals surface area (Å²) in [5.74, 6) is -1.63. The van der Waals surface area contributed by atoms with Crippen molar-refractivity contribution in [3.05, 3.63) is 30.0 Å². The molecule has 1 heterocycles. The third-order valence-electron chi connectivity index (χ3n) is 3.88. The van der Waals surface area contributed by atoms with E-state index in [9.17, 15) is 9.59 Å². The molecule has 0 unspecified atom stereocenters. The summed E-state index contributed by atoms with van der Waals surface area (Å²) in [6.07, 6.45) is 2.24. The van der Waals surface area contributed by atoms with Crippen molar-refractivity contribution in [2.75, 3.05) is 13.6 Å². The fraction of sp³-hybridized carbons (Fsp3) is 0.412. The maximum Gasteiger partial charge on any atom is 0.322 e. The molecule has 2 rings (SSSR count). The van der Waals surface area contributed by atoms with E-state index in [0.717, 1.165) is 23.9 Å². The number of esters is 1. The molecule has 0 radical (unpaired) electrons. The van der Waals surface area contributed by atoms with Crippen LogP contribution in [0.25, 0.3) is 10.9 Å². The van der Waals surface area contributed by atoms with E-state index in [1.165, 1.54) is 5.56 Å². The summed E-state index contributed by atoms with van der Waals surface area (Å²) in [5.41, 5.74) is 2.07. The molecular weight excluding hydrogens is 296 g/mol. The fourth-order valence-electron chi connectivity index (χ4n) is 2.28. The van der Waals surface area contributed by atoms with Gasteiger partial charge in [0, 0.05) is 35.8 Å². The van der Waals surface area contributed by atoms with Crippen molar-refractivity contribution in [2.24, 2.45) is 0 Å². The first-order valence-corrected chi connectivity index (χ1v) is 7.59. The lowest BCUT2D eigenvalue weighted by Gasteiger charge is -2.20. The van der Waals surface area contributed by atoms with Gasteiger partial charge in [-0.15, -0.1) is 0 Å². The molecule has 1 aromatic heterocycles. The topological polar surface area (TPSA) is 82.6 Å². The second kappa shape index (κ2) is 7.28. The van der Waals surface area contributed by atoms with Gasteiger partial charge in [0.25, 0.3) is 0 Å². The molecule has 1 aromatic carbocycles. The maximum atomic E-state index is 11.4. The molecule has 0 atom stereocenters. The number of benzene rings is 1. The first kappa shape index (κ1) is 17.0. The summed E-state index contributed by atoms with van der Waals surface area (Å²) in [5, 5.41) is 9.65. The van der Waals surface area contributed by atoms with Crippen molar-refractivity contribution in [1.82, 2.24) is 9.88 Å². The maximum absolute atomic E-state index is 11.4. The minimum Gasteiger partial charge on any atom is -0.481 e. The summed E-state index contributed by atoms with van der Waals surface area (Å²) in [7, 11) is 2.10. The van der Waals surface area contributed by atoms with E-state index in [1.807, 2.05) is 12.3 Å². The number of carboxylic acids is 1. The Morgan fingerprint density at radius 2 is 2.09 bits per heavy atom. The zero-order valence-electron chi connectivity index (χ0n) is 13.6. The molecule has 0 fully saturated rings. The van der Waals surface area contributed by atoms with Gasteiger partial charge in [-0.3, -0.25) is 9.59 Å². The molecule has 23 heavy (non-hydrogen) atoms. The number of ether oxygens (including phenoxy) is 1. The van der Waals surface area contributed by atoms with Crippen LogP contribution in [0.5, 0.6) is 5.75 Å². The highest BCUT2D eigenvalue weighted by molar-refractivity contribution is 5.92. The quantitative estimate of drug-likeness (QED) is 0.465. The predicted octanol–water partition coefficient (Wildman–Crippen LogP) is 2.43. The van der Waals surface area contributed by atoms with Crippen LogP contribution in [0.3, 0.4) is 0 Å². The summed E-state index contributed by atoms with van der Waals surface area (Å²) in [6, 6.07) is 5.79. The third kappa shape index (κ3) is 4.56. The standard InChI is InChI=1S/C17H22N2O4/c1-11(2)19(3)7-6-12-10-18-15-8-13(4-5-14(12)15)23-17(22)9-16(20)21/h4-5,8,10-11,18H,6-7,9H2,1-3H3,(H,20,21). The van der Waals surface area contributed by atoms with Crippen molar-refractivity contribution in [1.29, 1.82) is 0 Å². The number of H-pyrrole nitrogens is 1. The molecule has 0 bridgehead atoms. The lowest BCUT2D eigenvalue weighted by atomic mass is 10.1. The molecule has 6 heteroatoms. The molecule has 0 amide bonds. The van der Waals surface area contributed by atoms with Crippen LogP contribution >= 0.6 is 0 Å². The largest absolute Gasteiger partial charge is 0.481 e. The number of aromatic nitrogens is 1. The number of rotatable bonds is 7. The minimum absolute atomic E-state index is 0.344. The Labute approximate surface area is 135 Å². The number of aromatic amines is 1. The van der Waals surface area contributed by atoms with E-state index in [4.69, 9.17) is 9.84 Å². The molecule has 0 aliphatic rings.